The molecule has 6 rings (SSSR count). The summed E-state index contributed by atoms with van der Waals surface area (Å²) >= 11 is 0. The van der Waals surface area contributed by atoms with E-state index in [1.54, 1.807) is 35.4 Å². The maximum absolute atomic E-state index is 14.5. The van der Waals surface area contributed by atoms with E-state index in [0.717, 1.165) is 48.4 Å². The topological polar surface area (TPSA) is 182 Å². The lowest BCUT2D eigenvalue weighted by Gasteiger charge is -2.36. The van der Waals surface area contributed by atoms with Gasteiger partial charge in [-0.15, -0.1) is 10.2 Å². The Kier molecular flexibility index (Phi) is 11.4. The van der Waals surface area contributed by atoms with Gasteiger partial charge in [-0.05, 0) is 111 Å². The van der Waals surface area contributed by atoms with E-state index in [9.17, 15) is 14.4 Å². The molecule has 3 amide bonds. The van der Waals surface area contributed by atoms with Gasteiger partial charge in [0, 0.05) is 49.4 Å². The zero-order chi connectivity index (χ0) is 36.7. The van der Waals surface area contributed by atoms with E-state index in [-0.39, 0.29) is 24.2 Å². The third-order valence-electron chi connectivity index (χ3n) is 9.53. The van der Waals surface area contributed by atoms with Gasteiger partial charge in [0.15, 0.2) is 0 Å². The summed E-state index contributed by atoms with van der Waals surface area (Å²) in [6.07, 6.45) is 4.31. The summed E-state index contributed by atoms with van der Waals surface area (Å²) in [5, 5.41) is 17.1. The Balaban J connectivity index is 1.22. The number of anilines is 2. The van der Waals surface area contributed by atoms with Crippen molar-refractivity contribution in [3.63, 3.8) is 0 Å². The van der Waals surface area contributed by atoms with Crippen molar-refractivity contribution in [2.75, 3.05) is 42.6 Å². The number of hydrogen-bond donors (Lipinski definition) is 3. The number of rotatable bonds is 11. The van der Waals surface area contributed by atoms with Crippen molar-refractivity contribution in [3.8, 4) is 22.5 Å². The quantitative estimate of drug-likeness (QED) is 0.200. The lowest BCUT2D eigenvalue weighted by atomic mass is 9.81. The summed E-state index contributed by atoms with van der Waals surface area (Å²) in [6, 6.07) is 18.2. The molecule has 2 fully saturated rings. The molecule has 2 aromatic carbocycles. The number of aromatic amines is 1. The molecule has 2 aromatic heterocycles. The van der Waals surface area contributed by atoms with Crippen LogP contribution < -0.4 is 20.9 Å². The average Bonchev–Trinajstić information content (AvgIpc) is 3.69. The zero-order valence-electron chi connectivity index (χ0n) is 30.0. The van der Waals surface area contributed by atoms with Gasteiger partial charge in [0.2, 0.25) is 17.6 Å². The summed E-state index contributed by atoms with van der Waals surface area (Å²) in [5.74, 6) is 0.436. The summed E-state index contributed by atoms with van der Waals surface area (Å²) in [6.45, 7) is 8.84. The lowest BCUT2D eigenvalue weighted by Crippen LogP contribution is -2.52. The molecule has 1 saturated carbocycles. The van der Waals surface area contributed by atoms with E-state index in [1.807, 2.05) is 51.1 Å². The number of benzene rings is 2. The molecule has 4 aromatic rings. The second-order valence-electron chi connectivity index (χ2n) is 14.4. The molecular formula is C38H47N9O5. The predicted octanol–water partition coefficient (Wildman–Crippen LogP) is 4.53. The van der Waals surface area contributed by atoms with Crippen LogP contribution in [-0.2, 0) is 25.5 Å². The van der Waals surface area contributed by atoms with Crippen molar-refractivity contribution >= 4 is 29.4 Å². The van der Waals surface area contributed by atoms with Crippen LogP contribution in [0.4, 0.5) is 16.3 Å². The number of morpholine rings is 1. The number of carbonyl (C=O) groups excluding carboxylic acids is 3. The lowest BCUT2D eigenvalue weighted by molar-refractivity contribution is -0.127. The first kappa shape index (κ1) is 36.4. The number of tetrazole rings is 1. The van der Waals surface area contributed by atoms with Gasteiger partial charge < -0.3 is 25.4 Å². The van der Waals surface area contributed by atoms with Gasteiger partial charge in [-0.2, -0.15) is 5.21 Å². The normalized spacial score (nSPS) is 18.3. The van der Waals surface area contributed by atoms with Crippen LogP contribution in [0.3, 0.4) is 0 Å². The molecule has 0 spiro atoms. The Morgan fingerprint density at radius 2 is 1.73 bits per heavy atom. The largest absolute Gasteiger partial charge is 0.444 e. The van der Waals surface area contributed by atoms with Crippen molar-refractivity contribution < 1.29 is 23.9 Å². The number of nitrogens with two attached hydrogens (primary N) is 1. The van der Waals surface area contributed by atoms with Crippen molar-refractivity contribution in [3.05, 3.63) is 72.4 Å². The maximum Gasteiger partial charge on any atom is 0.407 e. The second kappa shape index (κ2) is 16.3. The minimum Gasteiger partial charge on any atom is -0.444 e. The van der Waals surface area contributed by atoms with Crippen LogP contribution in [0.2, 0.25) is 0 Å². The number of nitrogens with zero attached hydrogens (tertiary/aromatic N) is 6. The smallest absolute Gasteiger partial charge is 0.407 e. The van der Waals surface area contributed by atoms with Crippen LogP contribution in [-0.4, -0.2) is 88.0 Å². The monoisotopic (exact) mass is 709 g/mol. The van der Waals surface area contributed by atoms with E-state index in [0.29, 0.717) is 49.7 Å². The van der Waals surface area contributed by atoms with E-state index in [4.69, 9.17) is 15.2 Å². The molecule has 0 radical (unpaired) electrons. The molecule has 14 heteroatoms. The van der Waals surface area contributed by atoms with Crippen LogP contribution in [0, 0.1) is 11.8 Å². The van der Waals surface area contributed by atoms with Gasteiger partial charge in [-0.3, -0.25) is 14.5 Å². The molecule has 14 nitrogen and oxygen atoms in total. The highest BCUT2D eigenvalue weighted by Crippen LogP contribution is 2.34. The summed E-state index contributed by atoms with van der Waals surface area (Å²) in [5.41, 5.74) is 9.66. The number of amides is 3. The molecule has 3 heterocycles. The molecular weight excluding hydrogens is 662 g/mol. The summed E-state index contributed by atoms with van der Waals surface area (Å²) in [4.78, 5) is 48.5. The Labute approximate surface area is 303 Å². The van der Waals surface area contributed by atoms with Crippen LogP contribution >= 0.6 is 0 Å². The molecule has 1 atom stereocenters. The molecule has 4 N–H and O–H groups in total. The molecule has 0 bridgehead atoms. The van der Waals surface area contributed by atoms with Gasteiger partial charge in [-0.1, -0.05) is 24.3 Å². The number of carbonyl (C=O) groups is 3. The molecule has 1 saturated heterocycles. The Bertz CT molecular complexity index is 1810. The highest BCUT2D eigenvalue weighted by molar-refractivity contribution is 6.01. The fourth-order valence-corrected chi connectivity index (χ4v) is 6.85. The van der Waals surface area contributed by atoms with Crippen molar-refractivity contribution in [1.82, 2.24) is 30.9 Å². The van der Waals surface area contributed by atoms with Gasteiger partial charge in [-0.25, -0.2) is 9.78 Å². The number of pyridine rings is 1. The molecule has 52 heavy (non-hydrogen) atoms. The standard InChI is InChI=1S/C38H47N9O5/c1-38(2,3)52-37(50)41-24-25-7-9-28(10-8-25)36(49)47(31-13-11-27(12-14-31)35-42-44-45-43-35)32(34(39)48)22-26-5-4-6-29(21-26)30-15-16-40-33(23-30)46-17-19-51-20-18-46/h4-6,11-16,21,23,25,28,32H,7-10,17-20,22,24H2,1-3H3,(H2,39,48)(H,41,50)(H,42,43,44,45)/t25-,28-,32-/m0/s1. The number of hydrogen-bond acceptors (Lipinski definition) is 10. The number of H-pyrrole nitrogens is 1. The number of aromatic nitrogens is 5. The van der Waals surface area contributed by atoms with E-state index < -0.39 is 23.6 Å². The van der Waals surface area contributed by atoms with Gasteiger partial charge >= 0.3 is 6.09 Å². The first-order valence-electron chi connectivity index (χ1n) is 17.9. The average molecular weight is 710 g/mol. The van der Waals surface area contributed by atoms with Gasteiger partial charge in [0.1, 0.15) is 17.5 Å². The highest BCUT2D eigenvalue weighted by Gasteiger charge is 2.36. The molecule has 2 aliphatic rings. The van der Waals surface area contributed by atoms with E-state index in [2.05, 4.69) is 41.9 Å². The van der Waals surface area contributed by atoms with Crippen LogP contribution in [0.15, 0.2) is 66.9 Å². The number of nitrogens with one attached hydrogen (secondary N) is 2. The van der Waals surface area contributed by atoms with Crippen LogP contribution in [0.5, 0.6) is 0 Å². The molecule has 1 aliphatic heterocycles. The molecule has 274 valence electrons. The van der Waals surface area contributed by atoms with E-state index >= 15 is 0 Å². The first-order chi connectivity index (χ1) is 25.0. The summed E-state index contributed by atoms with van der Waals surface area (Å²) < 4.78 is 10.9. The first-order valence-corrected chi connectivity index (χ1v) is 17.9. The van der Waals surface area contributed by atoms with Crippen molar-refractivity contribution in [1.29, 1.82) is 0 Å². The summed E-state index contributed by atoms with van der Waals surface area (Å²) in [7, 11) is 0. The third-order valence-corrected chi connectivity index (χ3v) is 9.53. The second-order valence-corrected chi connectivity index (χ2v) is 14.4. The number of alkyl carbamates (subject to hydrolysis) is 1. The Morgan fingerprint density at radius 3 is 2.40 bits per heavy atom. The minimum atomic E-state index is -0.952. The van der Waals surface area contributed by atoms with Crippen LogP contribution in [0.25, 0.3) is 22.5 Å². The minimum absolute atomic E-state index is 0.157. The molecule has 1 aliphatic carbocycles. The SMILES string of the molecule is CC(C)(C)OC(=O)NC[C@H]1CC[C@H](C(=O)N(c2ccc(-c3nn[nH]n3)cc2)[C@@H](Cc2cccc(-c3ccnc(N4CCOCC4)c3)c2)C(N)=O)CC1. The Morgan fingerprint density at radius 1 is 1.00 bits per heavy atom. The fourth-order valence-electron chi connectivity index (χ4n) is 6.85. The number of primary amides is 1. The van der Waals surface area contributed by atoms with Gasteiger partial charge in [0.05, 0.1) is 13.2 Å². The highest BCUT2D eigenvalue weighted by atomic mass is 16.6. The number of ether oxygens (including phenoxy) is 2. The third kappa shape index (κ3) is 9.29. The molecule has 0 unspecified atom stereocenters. The van der Waals surface area contributed by atoms with Crippen LogP contribution in [0.1, 0.15) is 52.0 Å². The zero-order valence-corrected chi connectivity index (χ0v) is 30.0. The van der Waals surface area contributed by atoms with E-state index in [1.165, 1.54) is 0 Å². The van der Waals surface area contributed by atoms with Crippen molar-refractivity contribution in [2.45, 2.75) is 64.5 Å². The fraction of sp³-hybridized carbons (Fsp3) is 0.447. The maximum atomic E-state index is 14.5. The van der Waals surface area contributed by atoms with Crippen molar-refractivity contribution in [2.24, 2.45) is 17.6 Å². The predicted molar refractivity (Wildman–Crippen MR) is 196 cm³/mol. The Hall–Kier alpha value is -5.37. The van der Waals surface area contributed by atoms with Gasteiger partial charge in [0.25, 0.3) is 0 Å².